The van der Waals surface area contributed by atoms with E-state index in [0.29, 0.717) is 5.91 Å². The molecule has 5 nitrogen and oxygen atoms in total. The molecular formula is C20H29N3O2S. The number of hydrogen-bond acceptors (Lipinski definition) is 5. The minimum Gasteiger partial charge on any atom is -0.379 e. The van der Waals surface area contributed by atoms with E-state index in [9.17, 15) is 4.79 Å². The van der Waals surface area contributed by atoms with Gasteiger partial charge in [0, 0.05) is 43.2 Å². The fraction of sp³-hybridized carbons (Fsp3) is 0.700. The van der Waals surface area contributed by atoms with Crippen LogP contribution in [0.15, 0.2) is 23.7 Å². The fourth-order valence-electron chi connectivity index (χ4n) is 4.70. The Morgan fingerprint density at radius 3 is 2.96 bits per heavy atom. The zero-order valence-electron chi connectivity index (χ0n) is 15.7. The predicted molar refractivity (Wildman–Crippen MR) is 104 cm³/mol. The third-order valence-corrected chi connectivity index (χ3v) is 7.02. The average molecular weight is 376 g/mol. The lowest BCUT2D eigenvalue weighted by atomic mass is 9.75. The van der Waals surface area contributed by atoms with Crippen LogP contribution in [-0.4, -0.2) is 55.2 Å². The lowest BCUT2D eigenvalue weighted by Gasteiger charge is -2.46. The van der Waals surface area contributed by atoms with Gasteiger partial charge in [0.05, 0.1) is 18.6 Å². The molecule has 0 saturated carbocycles. The molecule has 3 aliphatic rings. The van der Waals surface area contributed by atoms with Crippen molar-refractivity contribution in [3.8, 4) is 0 Å². The number of ether oxygens (including phenoxy) is 1. The van der Waals surface area contributed by atoms with Gasteiger partial charge in [-0.15, -0.1) is 11.3 Å². The zero-order chi connectivity index (χ0) is 18.0. The summed E-state index contributed by atoms with van der Waals surface area (Å²) in [5.41, 5.74) is -0.204. The molecule has 0 bridgehead atoms. The van der Waals surface area contributed by atoms with Crippen LogP contribution < -0.4 is 4.90 Å². The Hall–Kier alpha value is -1.40. The highest BCUT2D eigenvalue weighted by molar-refractivity contribution is 7.13. The molecule has 1 spiro atoms. The van der Waals surface area contributed by atoms with Crippen molar-refractivity contribution >= 4 is 22.4 Å². The van der Waals surface area contributed by atoms with Crippen molar-refractivity contribution in [1.82, 2.24) is 9.88 Å². The van der Waals surface area contributed by atoms with E-state index in [2.05, 4.69) is 33.9 Å². The van der Waals surface area contributed by atoms with Crippen LogP contribution in [0.1, 0.15) is 39.0 Å². The van der Waals surface area contributed by atoms with E-state index < -0.39 is 0 Å². The summed E-state index contributed by atoms with van der Waals surface area (Å²) in [7, 11) is 0. The van der Waals surface area contributed by atoms with Gasteiger partial charge in [-0.2, -0.15) is 0 Å². The predicted octanol–water partition coefficient (Wildman–Crippen LogP) is 3.33. The summed E-state index contributed by atoms with van der Waals surface area (Å²) in [6, 6.07) is 0. The molecule has 3 heterocycles. The smallest absolute Gasteiger partial charge is 0.228 e. The minimum absolute atomic E-state index is 0.0247. The first-order chi connectivity index (χ1) is 12.6. The van der Waals surface area contributed by atoms with Crippen molar-refractivity contribution in [1.29, 1.82) is 0 Å². The molecule has 0 N–H and O–H groups in total. The Morgan fingerprint density at radius 1 is 1.27 bits per heavy atom. The highest BCUT2D eigenvalue weighted by Crippen LogP contribution is 2.39. The molecular weight excluding hydrogens is 346 g/mol. The first-order valence-corrected chi connectivity index (χ1v) is 10.6. The summed E-state index contributed by atoms with van der Waals surface area (Å²) < 4.78 is 6.00. The quantitative estimate of drug-likeness (QED) is 0.744. The van der Waals surface area contributed by atoms with Crippen LogP contribution in [0.3, 0.4) is 0 Å². The highest BCUT2D eigenvalue weighted by atomic mass is 32.1. The molecule has 1 aromatic heterocycles. The largest absolute Gasteiger partial charge is 0.379 e. The number of likely N-dealkylation sites (tertiary alicyclic amines) is 1. The topological polar surface area (TPSA) is 45.7 Å². The van der Waals surface area contributed by atoms with Crippen LogP contribution >= 0.6 is 11.3 Å². The monoisotopic (exact) mass is 375 g/mol. The number of nitrogens with zero attached hydrogens (tertiary/aromatic N) is 3. The number of rotatable bonds is 2. The van der Waals surface area contributed by atoms with Crippen LogP contribution in [0.2, 0.25) is 0 Å². The molecule has 2 fully saturated rings. The molecule has 142 valence electrons. The second-order valence-electron chi connectivity index (χ2n) is 8.39. The first kappa shape index (κ1) is 18.0. The summed E-state index contributed by atoms with van der Waals surface area (Å²) in [6.45, 7) is 7.13. The standard InChI is InChI=1S/C20H29N3O2S/c1-19(6-3-2-4-7-19)17(24)22-10-5-8-20(14-22)15-23(11-12-25-16-20)18-21-9-13-26-18/h2-3,9,13H,4-8,10-12,14-16H2,1H3. The lowest BCUT2D eigenvalue weighted by molar-refractivity contribution is -0.146. The minimum atomic E-state index is -0.228. The number of aromatic nitrogens is 1. The van der Waals surface area contributed by atoms with Gasteiger partial charge in [-0.1, -0.05) is 19.1 Å². The van der Waals surface area contributed by atoms with Gasteiger partial charge in [-0.3, -0.25) is 4.79 Å². The third-order valence-electron chi connectivity index (χ3n) is 6.19. The lowest BCUT2D eigenvalue weighted by Crippen LogP contribution is -2.55. The molecule has 2 unspecified atom stereocenters. The average Bonchev–Trinajstić information content (AvgIpc) is 3.12. The van der Waals surface area contributed by atoms with E-state index in [1.54, 1.807) is 11.3 Å². The molecule has 0 radical (unpaired) electrons. The molecule has 1 aromatic rings. The van der Waals surface area contributed by atoms with Crippen molar-refractivity contribution in [2.24, 2.45) is 10.8 Å². The second-order valence-corrected chi connectivity index (χ2v) is 9.27. The van der Waals surface area contributed by atoms with Crippen molar-refractivity contribution in [2.45, 2.75) is 39.0 Å². The Balaban J connectivity index is 1.51. The first-order valence-electron chi connectivity index (χ1n) is 9.77. The van der Waals surface area contributed by atoms with E-state index >= 15 is 0 Å². The number of allylic oxidation sites excluding steroid dienone is 2. The van der Waals surface area contributed by atoms with Gasteiger partial charge < -0.3 is 14.5 Å². The van der Waals surface area contributed by atoms with E-state index in [1.165, 1.54) is 0 Å². The van der Waals surface area contributed by atoms with Gasteiger partial charge >= 0.3 is 0 Å². The summed E-state index contributed by atoms with van der Waals surface area (Å²) in [4.78, 5) is 22.3. The maximum Gasteiger partial charge on any atom is 0.228 e. The number of piperidine rings is 1. The van der Waals surface area contributed by atoms with E-state index in [-0.39, 0.29) is 10.8 Å². The third kappa shape index (κ3) is 3.54. The van der Waals surface area contributed by atoms with Gasteiger partial charge in [0.25, 0.3) is 0 Å². The summed E-state index contributed by atoms with van der Waals surface area (Å²) in [5.74, 6) is 0.339. The van der Waals surface area contributed by atoms with Gasteiger partial charge in [0.15, 0.2) is 5.13 Å². The van der Waals surface area contributed by atoms with E-state index in [4.69, 9.17) is 4.74 Å². The molecule has 2 atom stereocenters. The molecule has 1 aliphatic carbocycles. The van der Waals surface area contributed by atoms with Crippen LogP contribution in [-0.2, 0) is 9.53 Å². The van der Waals surface area contributed by atoms with Crippen molar-refractivity contribution in [3.63, 3.8) is 0 Å². The van der Waals surface area contributed by atoms with Crippen LogP contribution in [0.5, 0.6) is 0 Å². The van der Waals surface area contributed by atoms with Gasteiger partial charge in [-0.05, 0) is 32.1 Å². The van der Waals surface area contributed by atoms with Crippen molar-refractivity contribution in [3.05, 3.63) is 23.7 Å². The summed E-state index contributed by atoms with van der Waals surface area (Å²) in [5, 5.41) is 3.10. The number of amides is 1. The normalized spacial score (nSPS) is 32.7. The van der Waals surface area contributed by atoms with E-state index in [0.717, 1.165) is 76.6 Å². The van der Waals surface area contributed by atoms with Gasteiger partial charge in [-0.25, -0.2) is 4.98 Å². The molecule has 0 aromatic carbocycles. The Bertz CT molecular complexity index is 662. The maximum absolute atomic E-state index is 13.3. The van der Waals surface area contributed by atoms with Gasteiger partial charge in [0.1, 0.15) is 0 Å². The van der Waals surface area contributed by atoms with Gasteiger partial charge in [0.2, 0.25) is 5.91 Å². The molecule has 6 heteroatoms. The molecule has 1 amide bonds. The zero-order valence-corrected chi connectivity index (χ0v) is 16.5. The Labute approximate surface area is 160 Å². The second kappa shape index (κ2) is 7.31. The Kier molecular flexibility index (Phi) is 5.06. The van der Waals surface area contributed by atoms with Crippen molar-refractivity contribution in [2.75, 3.05) is 44.3 Å². The molecule has 4 rings (SSSR count). The van der Waals surface area contributed by atoms with Crippen LogP contribution in [0, 0.1) is 10.8 Å². The van der Waals surface area contributed by atoms with Crippen LogP contribution in [0.25, 0.3) is 0 Å². The number of hydrogen-bond donors (Lipinski definition) is 0. The van der Waals surface area contributed by atoms with Crippen LogP contribution in [0.4, 0.5) is 5.13 Å². The molecule has 2 saturated heterocycles. The number of carbonyl (C=O) groups excluding carboxylic acids is 1. The SMILES string of the molecule is CC1(C(=O)N2CCCC3(COCCN(c4nccs4)C3)C2)CC=CCC1. The molecule has 2 aliphatic heterocycles. The fourth-order valence-corrected chi connectivity index (χ4v) is 5.37. The number of carbonyl (C=O) groups is 1. The van der Waals surface area contributed by atoms with Crippen molar-refractivity contribution < 1.29 is 9.53 Å². The van der Waals surface area contributed by atoms with E-state index in [1.807, 2.05) is 11.6 Å². The molecule has 26 heavy (non-hydrogen) atoms. The number of anilines is 1. The summed E-state index contributed by atoms with van der Waals surface area (Å²) >= 11 is 1.69. The summed E-state index contributed by atoms with van der Waals surface area (Å²) in [6.07, 6.45) is 11.3. The number of thiazole rings is 1. The Morgan fingerprint density at radius 2 is 2.19 bits per heavy atom. The maximum atomic E-state index is 13.3. The highest BCUT2D eigenvalue weighted by Gasteiger charge is 2.44.